The Kier molecular flexibility index (Phi) is 6.78. The lowest BCUT2D eigenvalue weighted by molar-refractivity contribution is -0.139. The molecule has 2 aromatic rings. The first-order valence-electron chi connectivity index (χ1n) is 8.98. The normalized spacial score (nSPS) is 11.1. The fourth-order valence-electron chi connectivity index (χ4n) is 2.77. The number of carbonyl (C=O) groups is 2. The zero-order valence-corrected chi connectivity index (χ0v) is 16.9. The largest absolute Gasteiger partial charge is 0.497 e. The molecular formula is C22H26FNO4. The Bertz CT molecular complexity index is 858. The van der Waals surface area contributed by atoms with Gasteiger partial charge >= 0.3 is 0 Å². The first-order chi connectivity index (χ1) is 13.1. The minimum Gasteiger partial charge on any atom is -0.497 e. The molecule has 5 nitrogen and oxygen atoms in total. The second kappa shape index (κ2) is 8.87. The van der Waals surface area contributed by atoms with Crippen LogP contribution in [0.2, 0.25) is 0 Å². The number of rotatable bonds is 7. The smallest absolute Gasteiger partial charge is 0.261 e. The summed E-state index contributed by atoms with van der Waals surface area (Å²) in [5.74, 6) is 0.0314. The molecule has 0 unspecified atom stereocenters. The molecule has 0 radical (unpaired) electrons. The fraction of sp³-hybridized carbons (Fsp3) is 0.364. The average Bonchev–Trinajstić information content (AvgIpc) is 2.63. The lowest BCUT2D eigenvalue weighted by Gasteiger charge is -2.36. The first-order valence-corrected chi connectivity index (χ1v) is 8.98. The van der Waals surface area contributed by atoms with Gasteiger partial charge in [0.2, 0.25) is 0 Å². The van der Waals surface area contributed by atoms with Gasteiger partial charge in [-0.05, 0) is 57.5 Å². The highest BCUT2D eigenvalue weighted by Gasteiger charge is 2.27. The minimum absolute atomic E-state index is 0.169. The van der Waals surface area contributed by atoms with Crippen LogP contribution in [0.1, 0.15) is 43.6 Å². The molecule has 150 valence electrons. The van der Waals surface area contributed by atoms with E-state index in [1.807, 2.05) is 20.8 Å². The first kappa shape index (κ1) is 21.4. The molecule has 28 heavy (non-hydrogen) atoms. The predicted octanol–water partition coefficient (Wildman–Crippen LogP) is 4.24. The third kappa shape index (κ3) is 5.55. The predicted molar refractivity (Wildman–Crippen MR) is 105 cm³/mol. The number of Topliss-reactive ketones (excluding diaryl/α,β-unsaturated/α-hetero) is 1. The average molecular weight is 387 g/mol. The Morgan fingerprint density at radius 3 is 2.39 bits per heavy atom. The van der Waals surface area contributed by atoms with Gasteiger partial charge in [-0.15, -0.1) is 0 Å². The molecule has 0 aromatic heterocycles. The lowest BCUT2D eigenvalue weighted by Crippen LogP contribution is -2.47. The van der Waals surface area contributed by atoms with E-state index in [2.05, 4.69) is 0 Å². The van der Waals surface area contributed by atoms with Crippen molar-refractivity contribution in [3.63, 3.8) is 0 Å². The number of amides is 1. The van der Waals surface area contributed by atoms with Crippen molar-refractivity contribution >= 4 is 11.7 Å². The van der Waals surface area contributed by atoms with Gasteiger partial charge in [-0.1, -0.05) is 12.1 Å². The number of carbonyl (C=O) groups excluding carboxylic acids is 2. The van der Waals surface area contributed by atoms with Crippen molar-refractivity contribution in [1.82, 2.24) is 4.90 Å². The third-order valence-corrected chi connectivity index (χ3v) is 4.26. The molecule has 0 fully saturated rings. The standard InChI is InChI=1S/C22H26FNO4/c1-15(25)19-10-9-18(27-5)12-20(19)28-14-21(26)24(22(2,3)4)13-16-7-6-8-17(23)11-16/h6-12H,13-14H2,1-5H3. The molecule has 1 amide bonds. The molecule has 0 aliphatic carbocycles. The number of hydrogen-bond donors (Lipinski definition) is 0. The molecule has 0 aliphatic heterocycles. The summed E-state index contributed by atoms with van der Waals surface area (Å²) >= 11 is 0. The molecular weight excluding hydrogens is 361 g/mol. The highest BCUT2D eigenvalue weighted by atomic mass is 19.1. The summed E-state index contributed by atoms with van der Waals surface area (Å²) in [7, 11) is 1.51. The minimum atomic E-state index is -0.495. The number of halogens is 1. The Morgan fingerprint density at radius 2 is 1.82 bits per heavy atom. The van der Waals surface area contributed by atoms with E-state index in [0.29, 0.717) is 22.6 Å². The molecule has 0 bridgehead atoms. The number of ketones is 1. The molecule has 0 spiro atoms. The van der Waals surface area contributed by atoms with Gasteiger partial charge in [-0.2, -0.15) is 0 Å². The highest BCUT2D eigenvalue weighted by molar-refractivity contribution is 5.97. The van der Waals surface area contributed by atoms with E-state index in [1.54, 1.807) is 35.2 Å². The third-order valence-electron chi connectivity index (χ3n) is 4.26. The summed E-state index contributed by atoms with van der Waals surface area (Å²) in [6.07, 6.45) is 0. The van der Waals surface area contributed by atoms with Gasteiger partial charge in [-0.3, -0.25) is 9.59 Å². The van der Waals surface area contributed by atoms with Crippen molar-refractivity contribution in [2.75, 3.05) is 13.7 Å². The van der Waals surface area contributed by atoms with Gasteiger partial charge in [0, 0.05) is 18.2 Å². The van der Waals surface area contributed by atoms with Crippen molar-refractivity contribution in [3.8, 4) is 11.5 Å². The monoisotopic (exact) mass is 387 g/mol. The molecule has 0 heterocycles. The maximum absolute atomic E-state index is 13.5. The number of hydrogen-bond acceptors (Lipinski definition) is 4. The van der Waals surface area contributed by atoms with Crippen LogP contribution in [0.3, 0.4) is 0 Å². The topological polar surface area (TPSA) is 55.8 Å². The molecule has 0 N–H and O–H groups in total. The van der Waals surface area contributed by atoms with Gasteiger partial charge in [0.05, 0.1) is 12.7 Å². The van der Waals surface area contributed by atoms with Crippen LogP contribution in [0.4, 0.5) is 4.39 Å². The van der Waals surface area contributed by atoms with Crippen molar-refractivity contribution in [1.29, 1.82) is 0 Å². The maximum atomic E-state index is 13.5. The second-order valence-corrected chi connectivity index (χ2v) is 7.49. The van der Waals surface area contributed by atoms with Crippen LogP contribution in [0.25, 0.3) is 0 Å². The fourth-order valence-corrected chi connectivity index (χ4v) is 2.77. The van der Waals surface area contributed by atoms with E-state index in [-0.39, 0.29) is 30.7 Å². The summed E-state index contributed by atoms with van der Waals surface area (Å²) in [6.45, 7) is 7.13. The van der Waals surface area contributed by atoms with Gasteiger partial charge in [0.1, 0.15) is 17.3 Å². The molecule has 2 rings (SSSR count). The van der Waals surface area contributed by atoms with Gasteiger partial charge in [-0.25, -0.2) is 4.39 Å². The van der Waals surface area contributed by atoms with E-state index in [1.165, 1.54) is 26.2 Å². The van der Waals surface area contributed by atoms with Crippen molar-refractivity contribution in [2.24, 2.45) is 0 Å². The molecule has 0 atom stereocenters. The molecule has 0 saturated heterocycles. The van der Waals surface area contributed by atoms with Crippen LogP contribution in [0.15, 0.2) is 42.5 Å². The molecule has 0 saturated carbocycles. The quantitative estimate of drug-likeness (QED) is 0.667. The Hall–Kier alpha value is -2.89. The summed E-state index contributed by atoms with van der Waals surface area (Å²) < 4.78 is 24.3. The number of ether oxygens (including phenoxy) is 2. The van der Waals surface area contributed by atoms with E-state index in [0.717, 1.165) is 0 Å². The summed E-state index contributed by atoms with van der Waals surface area (Å²) in [6, 6.07) is 11.0. The van der Waals surface area contributed by atoms with E-state index < -0.39 is 5.54 Å². The van der Waals surface area contributed by atoms with Crippen LogP contribution >= 0.6 is 0 Å². The van der Waals surface area contributed by atoms with E-state index in [4.69, 9.17) is 9.47 Å². The summed E-state index contributed by atoms with van der Waals surface area (Å²) in [4.78, 5) is 26.3. The second-order valence-electron chi connectivity index (χ2n) is 7.49. The number of methoxy groups -OCH3 is 1. The zero-order valence-electron chi connectivity index (χ0n) is 16.9. The van der Waals surface area contributed by atoms with Crippen LogP contribution in [-0.2, 0) is 11.3 Å². The van der Waals surface area contributed by atoms with Crippen LogP contribution in [0.5, 0.6) is 11.5 Å². The zero-order chi connectivity index (χ0) is 20.9. The van der Waals surface area contributed by atoms with Gasteiger partial charge in [0.15, 0.2) is 12.4 Å². The van der Waals surface area contributed by atoms with Crippen molar-refractivity contribution in [3.05, 3.63) is 59.4 Å². The van der Waals surface area contributed by atoms with E-state index in [9.17, 15) is 14.0 Å². The van der Waals surface area contributed by atoms with Crippen LogP contribution in [-0.4, -0.2) is 35.8 Å². The Balaban J connectivity index is 2.19. The van der Waals surface area contributed by atoms with Gasteiger partial charge in [0.25, 0.3) is 5.91 Å². The van der Waals surface area contributed by atoms with Gasteiger partial charge < -0.3 is 14.4 Å². The summed E-state index contributed by atoms with van der Waals surface area (Å²) in [5, 5.41) is 0. The number of nitrogens with zero attached hydrogens (tertiary/aromatic N) is 1. The van der Waals surface area contributed by atoms with Crippen LogP contribution < -0.4 is 9.47 Å². The van der Waals surface area contributed by atoms with Crippen molar-refractivity contribution in [2.45, 2.75) is 39.8 Å². The maximum Gasteiger partial charge on any atom is 0.261 e. The molecule has 0 aliphatic rings. The van der Waals surface area contributed by atoms with Crippen molar-refractivity contribution < 1.29 is 23.5 Å². The Labute approximate surface area is 165 Å². The highest BCUT2D eigenvalue weighted by Crippen LogP contribution is 2.26. The summed E-state index contributed by atoms with van der Waals surface area (Å²) in [5.41, 5.74) is 0.569. The molecule has 2 aromatic carbocycles. The molecule has 6 heteroatoms. The van der Waals surface area contributed by atoms with Crippen LogP contribution in [0, 0.1) is 5.82 Å². The SMILES string of the molecule is COc1ccc(C(C)=O)c(OCC(=O)N(Cc2cccc(F)c2)C(C)(C)C)c1. The lowest BCUT2D eigenvalue weighted by atomic mass is 10.0. The van der Waals surface area contributed by atoms with E-state index >= 15 is 0 Å². The Morgan fingerprint density at radius 1 is 1.11 bits per heavy atom. The number of benzene rings is 2.